The second kappa shape index (κ2) is 5.52. The van der Waals surface area contributed by atoms with Crippen molar-refractivity contribution >= 4 is 44.0 Å². The lowest BCUT2D eigenvalue weighted by molar-refractivity contribution is 0.673. The number of nitrogens with zero attached hydrogens (tertiary/aromatic N) is 1. The third kappa shape index (κ3) is 2.79. The zero-order valence-corrected chi connectivity index (χ0v) is 11.9. The summed E-state index contributed by atoms with van der Waals surface area (Å²) in [5.74, 6) is 1.52. The van der Waals surface area contributed by atoms with E-state index in [2.05, 4.69) is 26.9 Å². The van der Waals surface area contributed by atoms with E-state index in [1.807, 2.05) is 12.1 Å². The van der Waals surface area contributed by atoms with Crippen molar-refractivity contribution in [1.29, 1.82) is 0 Å². The summed E-state index contributed by atoms with van der Waals surface area (Å²) in [5.41, 5.74) is 2.23. The van der Waals surface area contributed by atoms with Crippen molar-refractivity contribution in [3.05, 3.63) is 28.8 Å². The van der Waals surface area contributed by atoms with Crippen LogP contribution in [0.25, 0.3) is 0 Å². The van der Waals surface area contributed by atoms with Crippen LogP contribution < -0.4 is 4.90 Å². The maximum atomic E-state index is 11.3. The smallest absolute Gasteiger partial charge is 0.0467 e. The molecule has 0 aliphatic carbocycles. The molecule has 0 saturated carbocycles. The lowest BCUT2D eigenvalue weighted by atomic mass is 10.2. The standard InChI is InChI=1S/C11H13BrClNOS/c12-8-9-1-2-10(7-11(9)13)14-3-5-16(15)6-4-14/h1-2,7H,3-6,8H2. The quantitative estimate of drug-likeness (QED) is 0.780. The second-order valence-electron chi connectivity index (χ2n) is 3.74. The summed E-state index contributed by atoms with van der Waals surface area (Å²) < 4.78 is 11.3. The number of rotatable bonds is 2. The lowest BCUT2D eigenvalue weighted by Gasteiger charge is -2.28. The highest BCUT2D eigenvalue weighted by Crippen LogP contribution is 2.25. The molecule has 0 N–H and O–H groups in total. The average Bonchev–Trinajstić information content (AvgIpc) is 2.30. The van der Waals surface area contributed by atoms with Crippen LogP contribution in [0.2, 0.25) is 5.02 Å². The van der Waals surface area contributed by atoms with Gasteiger partial charge in [0.05, 0.1) is 0 Å². The van der Waals surface area contributed by atoms with Gasteiger partial charge in [-0.3, -0.25) is 4.21 Å². The first-order chi connectivity index (χ1) is 7.70. The maximum Gasteiger partial charge on any atom is 0.0467 e. The Hall–Kier alpha value is -0.0600. The highest BCUT2D eigenvalue weighted by atomic mass is 79.9. The van der Waals surface area contributed by atoms with Crippen LogP contribution in [0.4, 0.5) is 5.69 Å². The van der Waals surface area contributed by atoms with Crippen LogP contribution in [0.15, 0.2) is 18.2 Å². The number of hydrogen-bond acceptors (Lipinski definition) is 2. The first-order valence-electron chi connectivity index (χ1n) is 5.15. The molecule has 2 nitrogen and oxygen atoms in total. The van der Waals surface area contributed by atoms with Gasteiger partial charge in [-0.2, -0.15) is 0 Å². The van der Waals surface area contributed by atoms with Gasteiger partial charge in [0.25, 0.3) is 0 Å². The summed E-state index contributed by atoms with van der Waals surface area (Å²) in [6.07, 6.45) is 0. The number of benzene rings is 1. The highest BCUT2D eigenvalue weighted by Gasteiger charge is 2.16. The van der Waals surface area contributed by atoms with Crippen molar-refractivity contribution in [3.8, 4) is 0 Å². The van der Waals surface area contributed by atoms with Crippen LogP contribution >= 0.6 is 27.5 Å². The van der Waals surface area contributed by atoms with E-state index in [0.29, 0.717) is 0 Å². The summed E-state index contributed by atoms with van der Waals surface area (Å²) in [5, 5.41) is 1.57. The molecule has 1 aliphatic rings. The van der Waals surface area contributed by atoms with E-state index in [-0.39, 0.29) is 0 Å². The Bertz CT molecular complexity index is 403. The van der Waals surface area contributed by atoms with Gasteiger partial charge in [0.2, 0.25) is 0 Å². The molecule has 1 aromatic rings. The minimum atomic E-state index is -0.628. The number of halogens is 2. The first-order valence-corrected chi connectivity index (χ1v) is 8.14. The number of alkyl halides is 1. The van der Waals surface area contributed by atoms with Crippen LogP contribution in [0.5, 0.6) is 0 Å². The predicted octanol–water partition coefficient (Wildman–Crippen LogP) is 2.80. The van der Waals surface area contributed by atoms with Gasteiger partial charge in [0, 0.05) is 51.4 Å². The monoisotopic (exact) mass is 321 g/mol. The Morgan fingerprint density at radius 3 is 2.62 bits per heavy atom. The largest absolute Gasteiger partial charge is 0.370 e. The summed E-state index contributed by atoms with van der Waals surface area (Å²) >= 11 is 9.56. The van der Waals surface area contributed by atoms with Gasteiger partial charge in [-0.25, -0.2) is 0 Å². The summed E-state index contributed by atoms with van der Waals surface area (Å²) in [4.78, 5) is 2.24. The number of hydrogen-bond donors (Lipinski definition) is 0. The SMILES string of the molecule is O=S1CCN(c2ccc(CBr)c(Cl)c2)CC1. The van der Waals surface area contributed by atoms with Crippen molar-refractivity contribution in [3.63, 3.8) is 0 Å². The van der Waals surface area contributed by atoms with E-state index in [1.54, 1.807) is 0 Å². The molecular weight excluding hydrogens is 310 g/mol. The zero-order valence-electron chi connectivity index (χ0n) is 8.79. The van der Waals surface area contributed by atoms with Crippen molar-refractivity contribution in [2.75, 3.05) is 29.5 Å². The van der Waals surface area contributed by atoms with Crippen molar-refractivity contribution < 1.29 is 4.21 Å². The first kappa shape index (κ1) is 12.4. The summed E-state index contributed by atoms with van der Waals surface area (Å²) in [6.45, 7) is 1.72. The van der Waals surface area contributed by atoms with Gasteiger partial charge < -0.3 is 4.90 Å². The Morgan fingerprint density at radius 1 is 1.38 bits per heavy atom. The Balaban J connectivity index is 2.15. The third-order valence-corrected chi connectivity index (χ3v) is 4.96. The van der Waals surface area contributed by atoms with Gasteiger partial charge in [-0.1, -0.05) is 33.6 Å². The van der Waals surface area contributed by atoms with Gasteiger partial charge in [0.15, 0.2) is 0 Å². The van der Waals surface area contributed by atoms with Crippen molar-refractivity contribution in [2.24, 2.45) is 0 Å². The molecule has 1 fully saturated rings. The van der Waals surface area contributed by atoms with Crippen LogP contribution in [-0.2, 0) is 16.1 Å². The molecule has 88 valence electrons. The third-order valence-electron chi connectivity index (χ3n) is 2.72. The molecule has 1 aromatic carbocycles. The highest BCUT2D eigenvalue weighted by molar-refractivity contribution is 9.08. The van der Waals surface area contributed by atoms with Crippen LogP contribution in [0, 0.1) is 0 Å². The van der Waals surface area contributed by atoms with E-state index >= 15 is 0 Å². The zero-order chi connectivity index (χ0) is 11.5. The fourth-order valence-corrected chi connectivity index (χ4v) is 3.68. The van der Waals surface area contributed by atoms with Gasteiger partial charge in [-0.05, 0) is 17.7 Å². The fraction of sp³-hybridized carbons (Fsp3) is 0.455. The van der Waals surface area contributed by atoms with Crippen molar-refractivity contribution in [1.82, 2.24) is 0 Å². The summed E-state index contributed by atoms with van der Waals surface area (Å²) in [6, 6.07) is 6.11. The maximum absolute atomic E-state index is 11.3. The molecule has 16 heavy (non-hydrogen) atoms. The van der Waals surface area contributed by atoms with Gasteiger partial charge in [-0.15, -0.1) is 0 Å². The molecule has 0 unspecified atom stereocenters. The van der Waals surface area contributed by atoms with Gasteiger partial charge in [0.1, 0.15) is 0 Å². The Labute approximate surface area is 112 Å². The molecule has 0 spiro atoms. The molecule has 0 aromatic heterocycles. The van der Waals surface area contributed by atoms with E-state index in [1.165, 1.54) is 0 Å². The number of anilines is 1. The molecule has 0 amide bonds. The van der Waals surface area contributed by atoms with Crippen molar-refractivity contribution in [2.45, 2.75) is 5.33 Å². The van der Waals surface area contributed by atoms with Crippen LogP contribution in [0.3, 0.4) is 0 Å². The van der Waals surface area contributed by atoms with E-state index < -0.39 is 10.8 Å². The average molecular weight is 323 g/mol. The molecule has 0 bridgehead atoms. The topological polar surface area (TPSA) is 20.3 Å². The summed E-state index contributed by atoms with van der Waals surface area (Å²) in [7, 11) is -0.628. The Kier molecular flexibility index (Phi) is 4.27. The molecule has 0 atom stereocenters. The van der Waals surface area contributed by atoms with E-state index in [9.17, 15) is 4.21 Å². The molecule has 1 aliphatic heterocycles. The molecule has 1 saturated heterocycles. The normalized spacial score (nSPS) is 17.8. The lowest BCUT2D eigenvalue weighted by Crippen LogP contribution is -2.37. The fourth-order valence-electron chi connectivity index (χ4n) is 1.74. The minimum Gasteiger partial charge on any atom is -0.370 e. The van der Waals surface area contributed by atoms with Gasteiger partial charge >= 0.3 is 0 Å². The van der Waals surface area contributed by atoms with E-state index in [4.69, 9.17) is 11.6 Å². The molecule has 2 rings (SSSR count). The van der Waals surface area contributed by atoms with E-state index in [0.717, 1.165) is 46.2 Å². The minimum absolute atomic E-state index is 0.628. The van der Waals surface area contributed by atoms with Crippen LogP contribution in [-0.4, -0.2) is 28.8 Å². The molecule has 1 heterocycles. The molecule has 0 radical (unpaired) electrons. The Morgan fingerprint density at radius 2 is 2.06 bits per heavy atom. The van der Waals surface area contributed by atoms with Crippen LogP contribution in [0.1, 0.15) is 5.56 Å². The molecular formula is C11H13BrClNOS. The predicted molar refractivity (Wildman–Crippen MR) is 74.2 cm³/mol. The molecule has 5 heteroatoms. The second-order valence-corrected chi connectivity index (χ2v) is 6.41.